The Morgan fingerprint density at radius 1 is 1.23 bits per heavy atom. The molecule has 2 unspecified atom stereocenters. The molecule has 1 aromatic rings. The molecule has 2 atom stereocenters. The number of carbonyl (C=O) groups excluding carboxylic acids is 1. The Hall–Kier alpha value is -1.27. The molecular formula is C15H18ClF3N2O. The molecule has 3 rings (SSSR count). The van der Waals surface area contributed by atoms with Gasteiger partial charge in [0.05, 0.1) is 11.1 Å². The molecule has 1 amide bonds. The SMILES string of the molecule is Cl.O=C(c1ccccc1C(F)(F)F)N1CCC2NCCC2C1. The zero-order valence-electron chi connectivity index (χ0n) is 11.9. The van der Waals surface area contributed by atoms with E-state index in [9.17, 15) is 18.0 Å². The van der Waals surface area contributed by atoms with Gasteiger partial charge in [-0.3, -0.25) is 4.79 Å². The van der Waals surface area contributed by atoms with Crippen LogP contribution in [-0.2, 0) is 6.18 Å². The van der Waals surface area contributed by atoms with Crippen LogP contribution in [0.4, 0.5) is 13.2 Å². The largest absolute Gasteiger partial charge is 0.417 e. The molecule has 3 nitrogen and oxygen atoms in total. The van der Waals surface area contributed by atoms with Crippen LogP contribution in [0, 0.1) is 5.92 Å². The summed E-state index contributed by atoms with van der Waals surface area (Å²) in [6, 6.07) is 5.44. The third-order valence-electron chi connectivity index (χ3n) is 4.41. The number of nitrogens with one attached hydrogen (secondary N) is 1. The first-order valence-corrected chi connectivity index (χ1v) is 7.15. The summed E-state index contributed by atoms with van der Waals surface area (Å²) in [6.07, 6.45) is -2.71. The van der Waals surface area contributed by atoms with Crippen molar-refractivity contribution in [2.24, 2.45) is 5.92 Å². The van der Waals surface area contributed by atoms with Crippen molar-refractivity contribution in [2.75, 3.05) is 19.6 Å². The van der Waals surface area contributed by atoms with Gasteiger partial charge < -0.3 is 10.2 Å². The molecule has 0 aliphatic carbocycles. The number of fused-ring (bicyclic) bond motifs is 1. The van der Waals surface area contributed by atoms with Gasteiger partial charge in [0, 0.05) is 19.1 Å². The number of benzene rings is 1. The summed E-state index contributed by atoms with van der Waals surface area (Å²) in [5.41, 5.74) is -1.09. The number of halogens is 4. The third kappa shape index (κ3) is 3.22. The second-order valence-corrected chi connectivity index (χ2v) is 5.69. The number of piperidine rings is 1. The number of nitrogens with zero attached hydrogens (tertiary/aromatic N) is 1. The van der Waals surface area contributed by atoms with Crippen molar-refractivity contribution < 1.29 is 18.0 Å². The first-order chi connectivity index (χ1) is 9.97. The summed E-state index contributed by atoms with van der Waals surface area (Å²) in [7, 11) is 0. The minimum atomic E-state index is -4.50. The molecule has 0 spiro atoms. The van der Waals surface area contributed by atoms with Gasteiger partial charge in [0.1, 0.15) is 0 Å². The first kappa shape index (κ1) is 17.1. The Kier molecular flexibility index (Phi) is 5.02. The number of hydrogen-bond donors (Lipinski definition) is 1. The molecule has 2 aliphatic heterocycles. The number of amides is 1. The summed E-state index contributed by atoms with van der Waals surface area (Å²) in [5.74, 6) is -0.144. The second-order valence-electron chi connectivity index (χ2n) is 5.69. The summed E-state index contributed by atoms with van der Waals surface area (Å²) in [5, 5.41) is 3.38. The van der Waals surface area contributed by atoms with E-state index in [2.05, 4.69) is 5.32 Å². The number of rotatable bonds is 1. The highest BCUT2D eigenvalue weighted by atomic mass is 35.5. The van der Waals surface area contributed by atoms with Crippen LogP contribution in [0.2, 0.25) is 0 Å². The minimum Gasteiger partial charge on any atom is -0.338 e. The predicted octanol–water partition coefficient (Wildman–Crippen LogP) is 2.95. The number of likely N-dealkylation sites (tertiary alicyclic amines) is 1. The van der Waals surface area contributed by atoms with Crippen molar-refractivity contribution in [1.29, 1.82) is 0 Å². The van der Waals surface area contributed by atoms with Crippen molar-refractivity contribution >= 4 is 18.3 Å². The molecule has 0 saturated carbocycles. The van der Waals surface area contributed by atoms with Gasteiger partial charge in [-0.2, -0.15) is 13.2 Å². The fourth-order valence-electron chi connectivity index (χ4n) is 3.32. The Morgan fingerprint density at radius 3 is 2.68 bits per heavy atom. The normalized spacial score (nSPS) is 24.6. The van der Waals surface area contributed by atoms with Gasteiger partial charge in [-0.1, -0.05) is 12.1 Å². The summed E-state index contributed by atoms with van der Waals surface area (Å²) in [4.78, 5) is 14.0. The molecule has 1 N–H and O–H groups in total. The van der Waals surface area contributed by atoms with Crippen LogP contribution < -0.4 is 5.32 Å². The molecule has 2 fully saturated rings. The lowest BCUT2D eigenvalue weighted by molar-refractivity contribution is -0.138. The van der Waals surface area contributed by atoms with Crippen LogP contribution >= 0.6 is 12.4 Å². The highest BCUT2D eigenvalue weighted by molar-refractivity contribution is 5.96. The quantitative estimate of drug-likeness (QED) is 0.856. The molecule has 2 aliphatic rings. The lowest BCUT2D eigenvalue weighted by Gasteiger charge is -2.35. The van der Waals surface area contributed by atoms with Crippen molar-refractivity contribution in [3.8, 4) is 0 Å². The topological polar surface area (TPSA) is 32.3 Å². The van der Waals surface area contributed by atoms with E-state index in [0.717, 1.165) is 25.5 Å². The minimum absolute atomic E-state index is 0. The Bertz CT molecular complexity index is 550. The van der Waals surface area contributed by atoms with E-state index < -0.39 is 17.6 Å². The smallest absolute Gasteiger partial charge is 0.338 e. The molecule has 2 saturated heterocycles. The van der Waals surface area contributed by atoms with Crippen LogP contribution in [0.1, 0.15) is 28.8 Å². The molecule has 22 heavy (non-hydrogen) atoms. The van der Waals surface area contributed by atoms with Crippen molar-refractivity contribution in [3.63, 3.8) is 0 Å². The van der Waals surface area contributed by atoms with Gasteiger partial charge in [0.15, 0.2) is 0 Å². The summed E-state index contributed by atoms with van der Waals surface area (Å²) >= 11 is 0. The number of carbonyl (C=O) groups is 1. The maximum atomic E-state index is 13.0. The number of alkyl halides is 3. The highest BCUT2D eigenvalue weighted by Crippen LogP contribution is 2.33. The average molecular weight is 335 g/mol. The van der Waals surface area contributed by atoms with E-state index in [-0.39, 0.29) is 18.0 Å². The fraction of sp³-hybridized carbons (Fsp3) is 0.533. The lowest BCUT2D eigenvalue weighted by atomic mass is 9.92. The maximum Gasteiger partial charge on any atom is 0.417 e. The van der Waals surface area contributed by atoms with E-state index in [1.165, 1.54) is 18.2 Å². The van der Waals surface area contributed by atoms with E-state index in [1.54, 1.807) is 4.90 Å². The van der Waals surface area contributed by atoms with Gasteiger partial charge in [-0.15, -0.1) is 12.4 Å². The van der Waals surface area contributed by atoms with E-state index >= 15 is 0 Å². The standard InChI is InChI=1S/C15H17F3N2O.ClH/c16-15(17,18)12-4-2-1-3-11(12)14(21)20-8-6-13-10(9-20)5-7-19-13;/h1-4,10,13,19H,5-9H2;1H. The third-order valence-corrected chi connectivity index (χ3v) is 4.41. The van der Waals surface area contributed by atoms with Crippen LogP contribution in [0.25, 0.3) is 0 Å². The average Bonchev–Trinajstić information content (AvgIpc) is 2.93. The Morgan fingerprint density at radius 2 is 1.95 bits per heavy atom. The molecule has 0 aromatic heterocycles. The van der Waals surface area contributed by atoms with E-state index in [1.807, 2.05) is 0 Å². The first-order valence-electron chi connectivity index (χ1n) is 7.15. The summed E-state index contributed by atoms with van der Waals surface area (Å²) < 4.78 is 39.0. The zero-order chi connectivity index (χ0) is 15.0. The van der Waals surface area contributed by atoms with Gasteiger partial charge in [0.25, 0.3) is 5.91 Å². The van der Waals surface area contributed by atoms with E-state index in [4.69, 9.17) is 0 Å². The molecule has 1 aromatic carbocycles. The molecule has 0 radical (unpaired) electrons. The van der Waals surface area contributed by atoms with E-state index in [0.29, 0.717) is 25.0 Å². The molecule has 122 valence electrons. The highest BCUT2D eigenvalue weighted by Gasteiger charge is 2.38. The lowest BCUT2D eigenvalue weighted by Crippen LogP contribution is -2.47. The van der Waals surface area contributed by atoms with Gasteiger partial charge >= 0.3 is 6.18 Å². The predicted molar refractivity (Wildman–Crippen MR) is 79.1 cm³/mol. The Labute approximate surface area is 133 Å². The van der Waals surface area contributed by atoms with Crippen LogP contribution in [-0.4, -0.2) is 36.5 Å². The maximum absolute atomic E-state index is 13.0. The van der Waals surface area contributed by atoms with Crippen molar-refractivity contribution in [3.05, 3.63) is 35.4 Å². The van der Waals surface area contributed by atoms with Crippen LogP contribution in [0.3, 0.4) is 0 Å². The monoisotopic (exact) mass is 334 g/mol. The summed E-state index contributed by atoms with van der Waals surface area (Å²) in [6.45, 7) is 1.98. The van der Waals surface area contributed by atoms with Gasteiger partial charge in [0.2, 0.25) is 0 Å². The zero-order valence-corrected chi connectivity index (χ0v) is 12.7. The van der Waals surface area contributed by atoms with Gasteiger partial charge in [-0.25, -0.2) is 0 Å². The van der Waals surface area contributed by atoms with Crippen LogP contribution in [0.5, 0.6) is 0 Å². The molecule has 0 bridgehead atoms. The Balaban J connectivity index is 0.00000176. The molecular weight excluding hydrogens is 317 g/mol. The second kappa shape index (κ2) is 6.46. The molecule has 2 heterocycles. The van der Waals surface area contributed by atoms with Gasteiger partial charge in [-0.05, 0) is 37.4 Å². The fourth-order valence-corrected chi connectivity index (χ4v) is 3.32. The molecule has 7 heteroatoms. The van der Waals surface area contributed by atoms with Crippen LogP contribution in [0.15, 0.2) is 24.3 Å². The van der Waals surface area contributed by atoms with Crippen molar-refractivity contribution in [2.45, 2.75) is 25.1 Å². The van der Waals surface area contributed by atoms with Crippen molar-refractivity contribution in [1.82, 2.24) is 10.2 Å². The number of hydrogen-bond acceptors (Lipinski definition) is 2.